The van der Waals surface area contributed by atoms with Crippen LogP contribution in [0.2, 0.25) is 0 Å². The first kappa shape index (κ1) is 16.5. The zero-order chi connectivity index (χ0) is 18.3. The van der Waals surface area contributed by atoms with E-state index in [1.165, 1.54) is 23.0 Å². The average molecular weight is 357 g/mol. The van der Waals surface area contributed by atoms with Crippen molar-refractivity contribution in [2.75, 3.05) is 13.7 Å². The van der Waals surface area contributed by atoms with E-state index >= 15 is 0 Å². The molecule has 4 rings (SSSR count). The summed E-state index contributed by atoms with van der Waals surface area (Å²) >= 11 is 0. The van der Waals surface area contributed by atoms with Crippen molar-refractivity contribution in [2.24, 2.45) is 11.8 Å². The summed E-state index contributed by atoms with van der Waals surface area (Å²) in [6.07, 6.45) is 4.29. The van der Waals surface area contributed by atoms with Crippen molar-refractivity contribution in [1.29, 1.82) is 0 Å². The van der Waals surface area contributed by atoms with E-state index in [4.69, 9.17) is 4.74 Å². The molecule has 1 aromatic heterocycles. The van der Waals surface area contributed by atoms with Crippen LogP contribution in [0.5, 0.6) is 5.75 Å². The van der Waals surface area contributed by atoms with Gasteiger partial charge < -0.3 is 14.7 Å². The number of carbonyl (C=O) groups excluding carboxylic acids is 1. The van der Waals surface area contributed by atoms with Crippen molar-refractivity contribution < 1.29 is 19.4 Å². The number of likely N-dealkylation sites (tertiary alicyclic amines) is 1. The Kier molecular flexibility index (Phi) is 4.06. The lowest BCUT2D eigenvalue weighted by Crippen LogP contribution is -2.43. The van der Waals surface area contributed by atoms with Crippen molar-refractivity contribution in [3.8, 4) is 11.4 Å². The number of ether oxygens (including phenoxy) is 1. The highest BCUT2D eigenvalue weighted by Gasteiger charge is 2.49. The van der Waals surface area contributed by atoms with Gasteiger partial charge in [-0.05, 0) is 53.3 Å². The molecule has 136 valence electrons. The van der Waals surface area contributed by atoms with Gasteiger partial charge in [0.05, 0.1) is 7.11 Å². The predicted molar refractivity (Wildman–Crippen MR) is 89.0 cm³/mol. The predicted octanol–water partition coefficient (Wildman–Crippen LogP) is 0.996. The summed E-state index contributed by atoms with van der Waals surface area (Å²) in [4.78, 5) is 26.4. The summed E-state index contributed by atoms with van der Waals surface area (Å²) in [5.41, 5.74) is 0.914. The molecule has 26 heavy (non-hydrogen) atoms. The molecule has 1 amide bonds. The van der Waals surface area contributed by atoms with Gasteiger partial charge >= 0.3 is 5.97 Å². The second kappa shape index (κ2) is 6.40. The Morgan fingerprint density at radius 1 is 1.31 bits per heavy atom. The number of nitrogens with zero attached hydrogens (tertiary/aromatic N) is 5. The Balaban J connectivity index is 1.68. The number of carbonyl (C=O) groups is 2. The highest BCUT2D eigenvalue weighted by Crippen LogP contribution is 2.42. The molecule has 9 heteroatoms. The first-order chi connectivity index (χ1) is 12.6. The molecule has 2 aliphatic rings. The van der Waals surface area contributed by atoms with Crippen molar-refractivity contribution in [1.82, 2.24) is 25.1 Å². The number of carboxylic acid groups (broad SMARTS) is 1. The van der Waals surface area contributed by atoms with Gasteiger partial charge in [-0.25, -0.2) is 4.79 Å². The maximum atomic E-state index is 13.1. The summed E-state index contributed by atoms with van der Waals surface area (Å²) in [5.74, 6) is -0.376. The first-order valence-corrected chi connectivity index (χ1v) is 8.55. The number of hydrogen-bond acceptors (Lipinski definition) is 6. The van der Waals surface area contributed by atoms with Gasteiger partial charge in [0.25, 0.3) is 5.91 Å². The molecule has 0 radical (unpaired) electrons. The number of benzene rings is 1. The lowest BCUT2D eigenvalue weighted by atomic mass is 9.94. The fourth-order valence-corrected chi connectivity index (χ4v) is 4.27. The largest absolute Gasteiger partial charge is 0.494 e. The van der Waals surface area contributed by atoms with Gasteiger partial charge in [-0.2, -0.15) is 4.68 Å². The second-order valence-electron chi connectivity index (χ2n) is 6.74. The molecule has 2 fully saturated rings. The van der Waals surface area contributed by atoms with E-state index in [1.54, 1.807) is 18.2 Å². The average Bonchev–Trinajstić information content (AvgIpc) is 3.36. The van der Waals surface area contributed by atoms with Crippen molar-refractivity contribution in [3.63, 3.8) is 0 Å². The molecular weight excluding hydrogens is 338 g/mol. The summed E-state index contributed by atoms with van der Waals surface area (Å²) < 4.78 is 6.72. The smallest absolute Gasteiger partial charge is 0.326 e. The number of methoxy groups -OCH3 is 1. The summed E-state index contributed by atoms with van der Waals surface area (Å²) in [6.45, 7) is 0.493. The molecular formula is C17H19N5O4. The van der Waals surface area contributed by atoms with Gasteiger partial charge in [-0.15, -0.1) is 5.10 Å². The number of aromatic nitrogens is 4. The fraction of sp³-hybridized carbons (Fsp3) is 0.471. The Labute approximate surface area is 149 Å². The molecule has 1 aliphatic carbocycles. The minimum atomic E-state index is -0.929. The zero-order valence-corrected chi connectivity index (χ0v) is 14.3. The van der Waals surface area contributed by atoms with Crippen LogP contribution < -0.4 is 4.74 Å². The minimum Gasteiger partial charge on any atom is -0.494 e. The number of hydrogen-bond donors (Lipinski definition) is 1. The molecule has 2 aromatic rings. The van der Waals surface area contributed by atoms with E-state index < -0.39 is 12.0 Å². The van der Waals surface area contributed by atoms with Crippen molar-refractivity contribution in [2.45, 2.75) is 25.3 Å². The maximum Gasteiger partial charge on any atom is 0.326 e. The van der Waals surface area contributed by atoms with Crippen LogP contribution in [0.1, 0.15) is 29.6 Å². The first-order valence-electron chi connectivity index (χ1n) is 8.55. The molecule has 1 aromatic carbocycles. The molecule has 0 spiro atoms. The number of fused-ring (bicyclic) bond motifs is 1. The zero-order valence-electron chi connectivity index (χ0n) is 14.3. The van der Waals surface area contributed by atoms with Crippen LogP contribution in [-0.2, 0) is 4.79 Å². The van der Waals surface area contributed by atoms with Crippen molar-refractivity contribution >= 4 is 11.9 Å². The topological polar surface area (TPSA) is 110 Å². The third-order valence-corrected chi connectivity index (χ3v) is 5.43. The SMILES string of the molecule is COc1ccc(C(=O)N2CC3CCCC3C2C(=O)O)cc1-n1cnnn1. The fourth-order valence-electron chi connectivity index (χ4n) is 4.27. The lowest BCUT2D eigenvalue weighted by Gasteiger charge is -2.24. The Morgan fingerprint density at radius 2 is 2.15 bits per heavy atom. The van der Waals surface area contributed by atoms with Crippen LogP contribution in [0.4, 0.5) is 0 Å². The normalized spacial score (nSPS) is 24.5. The maximum absolute atomic E-state index is 13.1. The highest BCUT2D eigenvalue weighted by molar-refractivity contribution is 5.98. The molecule has 2 heterocycles. The second-order valence-corrected chi connectivity index (χ2v) is 6.74. The molecule has 1 N–H and O–H groups in total. The Hall–Kier alpha value is -2.97. The molecule has 1 saturated carbocycles. The van der Waals surface area contributed by atoms with Gasteiger partial charge in [-0.3, -0.25) is 4.79 Å². The minimum absolute atomic E-state index is 0.0497. The Morgan fingerprint density at radius 3 is 2.85 bits per heavy atom. The van der Waals surface area contributed by atoms with Gasteiger partial charge in [0.15, 0.2) is 0 Å². The number of amides is 1. The van der Waals surface area contributed by atoms with E-state index in [-0.39, 0.29) is 17.7 Å². The third-order valence-electron chi connectivity index (χ3n) is 5.43. The molecule has 3 atom stereocenters. The van der Waals surface area contributed by atoms with E-state index in [2.05, 4.69) is 15.5 Å². The standard InChI is InChI=1S/C17H19N5O4/c1-26-14-6-5-10(7-13(14)22-9-18-19-20-22)16(23)21-8-11-3-2-4-12(11)15(21)17(24)25/h5-7,9,11-12,15H,2-4,8H2,1H3,(H,24,25). The van der Waals surface area contributed by atoms with Gasteiger partial charge in [-0.1, -0.05) is 6.42 Å². The molecule has 1 saturated heterocycles. The van der Waals surface area contributed by atoms with Crippen LogP contribution in [-0.4, -0.2) is 61.8 Å². The quantitative estimate of drug-likeness (QED) is 0.869. The van der Waals surface area contributed by atoms with Gasteiger partial charge in [0.1, 0.15) is 23.8 Å². The Bertz CT molecular complexity index is 838. The van der Waals surface area contributed by atoms with E-state index in [0.717, 1.165) is 19.3 Å². The monoisotopic (exact) mass is 357 g/mol. The van der Waals surface area contributed by atoms with Crippen LogP contribution in [0.25, 0.3) is 5.69 Å². The number of aliphatic carboxylic acids is 1. The van der Waals surface area contributed by atoms with Crippen LogP contribution in [0, 0.1) is 11.8 Å². The molecule has 9 nitrogen and oxygen atoms in total. The summed E-state index contributed by atoms with van der Waals surface area (Å²) in [7, 11) is 1.52. The van der Waals surface area contributed by atoms with Crippen molar-refractivity contribution in [3.05, 3.63) is 30.1 Å². The summed E-state index contributed by atoms with van der Waals surface area (Å²) in [6, 6.07) is 4.18. The van der Waals surface area contributed by atoms with Crippen LogP contribution in [0.15, 0.2) is 24.5 Å². The van der Waals surface area contributed by atoms with Crippen LogP contribution >= 0.6 is 0 Å². The third kappa shape index (κ3) is 2.59. The number of rotatable bonds is 4. The number of carboxylic acids is 1. The van der Waals surface area contributed by atoms with Gasteiger partial charge in [0.2, 0.25) is 0 Å². The van der Waals surface area contributed by atoms with E-state index in [0.29, 0.717) is 23.5 Å². The number of tetrazole rings is 1. The highest BCUT2D eigenvalue weighted by atomic mass is 16.5. The van der Waals surface area contributed by atoms with Crippen LogP contribution in [0.3, 0.4) is 0 Å². The summed E-state index contributed by atoms with van der Waals surface area (Å²) in [5, 5.41) is 20.7. The van der Waals surface area contributed by atoms with Gasteiger partial charge in [0, 0.05) is 12.1 Å². The van der Waals surface area contributed by atoms with E-state index in [1.807, 2.05) is 0 Å². The molecule has 1 aliphatic heterocycles. The molecule has 3 unspecified atom stereocenters. The van der Waals surface area contributed by atoms with E-state index in [9.17, 15) is 14.7 Å². The molecule has 0 bridgehead atoms. The lowest BCUT2D eigenvalue weighted by molar-refractivity contribution is -0.142.